The molecule has 0 fully saturated rings. The van der Waals surface area contributed by atoms with Crippen LogP contribution in [-0.2, 0) is 0 Å². The van der Waals surface area contributed by atoms with Crippen molar-refractivity contribution in [1.29, 1.82) is 0 Å². The number of rotatable bonds is 2. The lowest BCUT2D eigenvalue weighted by Crippen LogP contribution is -2.28. The second kappa shape index (κ2) is 4.13. The molecular formula is C9H13F3O. The SMILES string of the molecule is O[C@@H](CC1=CCCCC1)C(F)(F)F. The van der Waals surface area contributed by atoms with E-state index in [9.17, 15) is 13.2 Å². The maximum Gasteiger partial charge on any atom is 0.414 e. The van der Waals surface area contributed by atoms with E-state index in [4.69, 9.17) is 5.11 Å². The van der Waals surface area contributed by atoms with Crippen LogP contribution in [0.2, 0.25) is 0 Å². The van der Waals surface area contributed by atoms with Gasteiger partial charge in [-0.1, -0.05) is 11.6 Å². The minimum atomic E-state index is -4.47. The van der Waals surface area contributed by atoms with Gasteiger partial charge < -0.3 is 5.11 Å². The molecule has 0 aromatic carbocycles. The highest BCUT2D eigenvalue weighted by molar-refractivity contribution is 5.06. The summed E-state index contributed by atoms with van der Waals surface area (Å²) in [5, 5.41) is 8.77. The van der Waals surface area contributed by atoms with Gasteiger partial charge in [-0.2, -0.15) is 13.2 Å². The van der Waals surface area contributed by atoms with Gasteiger partial charge in [-0.05, 0) is 25.7 Å². The van der Waals surface area contributed by atoms with E-state index in [2.05, 4.69) is 0 Å². The molecule has 0 unspecified atom stereocenters. The predicted molar refractivity (Wildman–Crippen MR) is 43.2 cm³/mol. The van der Waals surface area contributed by atoms with E-state index in [0.717, 1.165) is 24.8 Å². The molecular weight excluding hydrogens is 181 g/mol. The second-order valence-corrected chi connectivity index (χ2v) is 3.37. The molecule has 4 heteroatoms. The highest BCUT2D eigenvalue weighted by atomic mass is 19.4. The molecule has 0 saturated carbocycles. The number of halogens is 3. The maximum atomic E-state index is 11.9. The summed E-state index contributed by atoms with van der Waals surface area (Å²) in [5.74, 6) is 0. The maximum absolute atomic E-state index is 11.9. The van der Waals surface area contributed by atoms with Crippen LogP contribution in [0.1, 0.15) is 32.1 Å². The Morgan fingerprint density at radius 2 is 2.08 bits per heavy atom. The molecule has 1 aliphatic carbocycles. The highest BCUT2D eigenvalue weighted by Gasteiger charge is 2.38. The fourth-order valence-electron chi connectivity index (χ4n) is 1.45. The van der Waals surface area contributed by atoms with E-state index in [1.54, 1.807) is 0 Å². The van der Waals surface area contributed by atoms with Crippen molar-refractivity contribution in [3.05, 3.63) is 11.6 Å². The largest absolute Gasteiger partial charge is 0.414 e. The third-order valence-electron chi connectivity index (χ3n) is 2.22. The number of alkyl halides is 3. The van der Waals surface area contributed by atoms with Crippen molar-refractivity contribution in [2.24, 2.45) is 0 Å². The summed E-state index contributed by atoms with van der Waals surface area (Å²) in [5.41, 5.74) is 0.746. The van der Waals surface area contributed by atoms with Gasteiger partial charge in [0.25, 0.3) is 0 Å². The molecule has 0 bridgehead atoms. The fourth-order valence-corrected chi connectivity index (χ4v) is 1.45. The Kier molecular flexibility index (Phi) is 3.36. The molecule has 0 saturated heterocycles. The molecule has 0 radical (unpaired) electrons. The Morgan fingerprint density at radius 3 is 2.54 bits per heavy atom. The first-order valence-corrected chi connectivity index (χ1v) is 4.43. The number of hydrogen-bond donors (Lipinski definition) is 1. The molecule has 0 aromatic rings. The Morgan fingerprint density at radius 1 is 1.38 bits per heavy atom. The zero-order valence-electron chi connectivity index (χ0n) is 7.27. The van der Waals surface area contributed by atoms with Gasteiger partial charge in [-0.15, -0.1) is 0 Å². The third kappa shape index (κ3) is 3.38. The minimum Gasteiger partial charge on any atom is -0.383 e. The predicted octanol–water partition coefficient (Wildman–Crippen LogP) is 2.80. The van der Waals surface area contributed by atoms with E-state index in [1.807, 2.05) is 6.08 Å². The van der Waals surface area contributed by atoms with Gasteiger partial charge in [-0.25, -0.2) is 0 Å². The topological polar surface area (TPSA) is 20.2 Å². The summed E-state index contributed by atoms with van der Waals surface area (Å²) in [6, 6.07) is 0. The first-order valence-electron chi connectivity index (χ1n) is 4.43. The molecule has 1 rings (SSSR count). The first kappa shape index (κ1) is 10.6. The van der Waals surface area contributed by atoms with E-state index >= 15 is 0 Å². The molecule has 1 N–H and O–H groups in total. The summed E-state index contributed by atoms with van der Waals surface area (Å²) < 4.78 is 35.8. The molecule has 76 valence electrons. The molecule has 1 aliphatic rings. The van der Waals surface area contributed by atoms with Crippen LogP contribution >= 0.6 is 0 Å². The van der Waals surface area contributed by atoms with Gasteiger partial charge in [-0.3, -0.25) is 0 Å². The Balaban J connectivity index is 2.43. The van der Waals surface area contributed by atoms with Crippen LogP contribution < -0.4 is 0 Å². The minimum absolute atomic E-state index is 0.247. The fraction of sp³-hybridized carbons (Fsp3) is 0.778. The summed E-state index contributed by atoms with van der Waals surface area (Å²) in [4.78, 5) is 0. The lowest BCUT2D eigenvalue weighted by atomic mass is 9.95. The van der Waals surface area contributed by atoms with Crippen LogP contribution in [-0.4, -0.2) is 17.4 Å². The molecule has 1 atom stereocenters. The molecule has 0 aliphatic heterocycles. The second-order valence-electron chi connectivity index (χ2n) is 3.37. The van der Waals surface area contributed by atoms with E-state index < -0.39 is 12.3 Å². The van der Waals surface area contributed by atoms with Crippen molar-refractivity contribution in [1.82, 2.24) is 0 Å². The summed E-state index contributed by atoms with van der Waals surface area (Å²) in [7, 11) is 0. The summed E-state index contributed by atoms with van der Waals surface area (Å²) in [6.07, 6.45) is -1.55. The van der Waals surface area contributed by atoms with Crippen LogP contribution in [0.5, 0.6) is 0 Å². The van der Waals surface area contributed by atoms with E-state index in [0.29, 0.717) is 6.42 Å². The third-order valence-corrected chi connectivity index (χ3v) is 2.22. The zero-order chi connectivity index (χ0) is 9.90. The summed E-state index contributed by atoms with van der Waals surface area (Å²) >= 11 is 0. The van der Waals surface area contributed by atoms with Crippen LogP contribution in [0.3, 0.4) is 0 Å². The van der Waals surface area contributed by atoms with Gasteiger partial charge in [0.05, 0.1) is 0 Å². The molecule has 0 spiro atoms. The van der Waals surface area contributed by atoms with Crippen LogP contribution in [0.4, 0.5) is 13.2 Å². The Labute approximate surface area is 75.3 Å². The van der Waals surface area contributed by atoms with Crippen molar-refractivity contribution in [2.45, 2.75) is 44.4 Å². The van der Waals surface area contributed by atoms with E-state index in [-0.39, 0.29) is 6.42 Å². The first-order chi connectivity index (χ1) is 6.00. The molecule has 13 heavy (non-hydrogen) atoms. The average Bonchev–Trinajstić information content (AvgIpc) is 2.04. The molecule has 0 amide bonds. The van der Waals surface area contributed by atoms with Gasteiger partial charge in [0.15, 0.2) is 6.10 Å². The van der Waals surface area contributed by atoms with E-state index in [1.165, 1.54) is 0 Å². The lowest BCUT2D eigenvalue weighted by molar-refractivity contribution is -0.203. The number of aliphatic hydroxyl groups excluding tert-OH is 1. The molecule has 0 heterocycles. The van der Waals surface area contributed by atoms with Crippen molar-refractivity contribution in [2.75, 3.05) is 0 Å². The monoisotopic (exact) mass is 194 g/mol. The highest BCUT2D eigenvalue weighted by Crippen LogP contribution is 2.28. The van der Waals surface area contributed by atoms with Crippen LogP contribution in [0.25, 0.3) is 0 Å². The standard InChI is InChI=1S/C9H13F3O/c10-9(11,12)8(13)6-7-4-2-1-3-5-7/h4,8,13H,1-3,5-6H2/t8-/m0/s1. The number of hydrogen-bond acceptors (Lipinski definition) is 1. The van der Waals surface area contributed by atoms with Gasteiger partial charge in [0.1, 0.15) is 0 Å². The van der Waals surface area contributed by atoms with Crippen molar-refractivity contribution >= 4 is 0 Å². The van der Waals surface area contributed by atoms with Crippen molar-refractivity contribution in [3.8, 4) is 0 Å². The Bertz CT molecular complexity index is 196. The smallest absolute Gasteiger partial charge is 0.383 e. The quantitative estimate of drug-likeness (QED) is 0.670. The zero-order valence-corrected chi connectivity index (χ0v) is 7.27. The normalized spacial score (nSPS) is 21.1. The number of allylic oxidation sites excluding steroid dienone is 1. The lowest BCUT2D eigenvalue weighted by Gasteiger charge is -2.18. The van der Waals surface area contributed by atoms with Crippen molar-refractivity contribution in [3.63, 3.8) is 0 Å². The van der Waals surface area contributed by atoms with Gasteiger partial charge >= 0.3 is 6.18 Å². The molecule has 1 nitrogen and oxygen atoms in total. The Hall–Kier alpha value is -0.510. The number of aliphatic hydroxyl groups is 1. The van der Waals surface area contributed by atoms with Gasteiger partial charge in [0, 0.05) is 6.42 Å². The average molecular weight is 194 g/mol. The van der Waals surface area contributed by atoms with Crippen LogP contribution in [0.15, 0.2) is 11.6 Å². The molecule has 0 aromatic heterocycles. The van der Waals surface area contributed by atoms with Crippen molar-refractivity contribution < 1.29 is 18.3 Å². The van der Waals surface area contributed by atoms with Gasteiger partial charge in [0.2, 0.25) is 0 Å². The summed E-state index contributed by atoms with van der Waals surface area (Å²) in [6.45, 7) is 0. The van der Waals surface area contributed by atoms with Crippen LogP contribution in [0, 0.1) is 0 Å².